The third-order valence-corrected chi connectivity index (χ3v) is 16.0. The number of aryl methyl sites for hydroxylation is 2. The first-order valence-corrected chi connectivity index (χ1v) is 28.1. The molecule has 73 heavy (non-hydrogen) atoms. The quantitative estimate of drug-likeness (QED) is 0.0728. The van der Waals surface area contributed by atoms with Gasteiger partial charge in [0.15, 0.2) is 0 Å². The van der Waals surface area contributed by atoms with Crippen LogP contribution in [-0.4, -0.2) is 16.8 Å². The number of anilines is 1. The second kappa shape index (κ2) is 28.5. The highest BCUT2D eigenvalue weighted by Crippen LogP contribution is 2.51. The highest BCUT2D eigenvalue weighted by atomic mass is 35.5. The summed E-state index contributed by atoms with van der Waals surface area (Å²) in [4.78, 5) is 2.60. The SMILES string of the molecule is CC#CC#CC#CC#CC#CC#CC#C[N+]1=C(C=CC2=C(Cl)C3=C(Cl)C(=CC=C4N(CCCCCCCCCCCCCCCCCC)c5ccc(C)cc5C4(C)C)CCC3CC2)C(C)(C)c2cc(C)ccc21. The fourth-order valence-electron chi connectivity index (χ4n) is 10.9. The Bertz CT molecular complexity index is 3000. The van der Waals surface area contributed by atoms with Crippen molar-refractivity contribution >= 4 is 40.3 Å². The molecule has 2 aliphatic carbocycles. The minimum atomic E-state index is -0.314. The number of hydrogen-bond acceptors (Lipinski definition) is 1. The molecule has 2 heterocycles. The molecule has 0 spiro atoms. The summed E-state index contributed by atoms with van der Waals surface area (Å²) in [5.41, 5.74) is 12.9. The van der Waals surface area contributed by atoms with Gasteiger partial charge in [-0.1, -0.05) is 188 Å². The van der Waals surface area contributed by atoms with Gasteiger partial charge in [-0.15, -0.1) is 4.58 Å². The number of halogens is 2. The van der Waals surface area contributed by atoms with Crippen LogP contribution in [0.2, 0.25) is 0 Å². The van der Waals surface area contributed by atoms with Gasteiger partial charge in [0.1, 0.15) is 0 Å². The largest absolute Gasteiger partial charge is 0.344 e. The number of fused-ring (bicyclic) bond motifs is 3. The van der Waals surface area contributed by atoms with E-state index in [4.69, 9.17) is 23.2 Å². The Morgan fingerprint density at radius 1 is 0.589 bits per heavy atom. The predicted molar refractivity (Wildman–Crippen MR) is 313 cm³/mol. The zero-order chi connectivity index (χ0) is 52.1. The molecule has 4 aliphatic rings. The fraction of sp³-hybridized carbons (Fsp3) is 0.464. The average molecular weight is 1010 g/mol. The standard InChI is InChI=1S/C69H77Cl2N2/c1-9-11-13-15-17-19-21-23-24-25-27-29-31-33-35-37-51-73-62-47-39-55(4)53-60(62)69(7,8)64(73)49-45-58-43-41-56-40-42-57(66(70)65(56)67(58)71)44-48-63-68(5,6)59-52-54(3)38-46-61(59)72(63)50-36-34-32-30-28-26-22-20-18-16-14-12-10-2/h38-39,44-49,52-53,56H,9,11,13,15,17,19,21,23-25,27,29,31,33,35,37,40-43,51H2,1-8H3/q+1. The summed E-state index contributed by atoms with van der Waals surface area (Å²) >= 11 is 15.0. The molecule has 0 N–H and O–H groups in total. The van der Waals surface area contributed by atoms with Crippen molar-refractivity contribution in [2.24, 2.45) is 5.92 Å². The van der Waals surface area contributed by atoms with Crippen LogP contribution in [0.3, 0.4) is 0 Å². The van der Waals surface area contributed by atoms with Crippen molar-refractivity contribution in [3.8, 4) is 83.0 Å². The first-order valence-electron chi connectivity index (χ1n) is 27.4. The molecule has 2 aromatic rings. The number of allylic oxidation sites excluding steroid dienone is 10. The van der Waals surface area contributed by atoms with Gasteiger partial charge >= 0.3 is 0 Å². The third-order valence-electron chi connectivity index (χ3n) is 15.1. The highest BCUT2D eigenvalue weighted by Gasteiger charge is 2.45. The van der Waals surface area contributed by atoms with E-state index in [0.29, 0.717) is 5.92 Å². The maximum atomic E-state index is 7.50. The summed E-state index contributed by atoms with van der Waals surface area (Å²) < 4.78 is 2.06. The summed E-state index contributed by atoms with van der Waals surface area (Å²) in [5.74, 6) is 35.6. The highest BCUT2D eigenvalue weighted by molar-refractivity contribution is 6.37. The van der Waals surface area contributed by atoms with Crippen molar-refractivity contribution in [1.29, 1.82) is 0 Å². The molecule has 0 saturated heterocycles. The molecule has 0 saturated carbocycles. The van der Waals surface area contributed by atoms with E-state index < -0.39 is 0 Å². The summed E-state index contributed by atoms with van der Waals surface area (Å²) in [5, 5.41) is 1.60. The van der Waals surface area contributed by atoms with Gasteiger partial charge < -0.3 is 4.90 Å². The zero-order valence-electron chi connectivity index (χ0n) is 45.4. The van der Waals surface area contributed by atoms with E-state index >= 15 is 0 Å². The van der Waals surface area contributed by atoms with Crippen LogP contribution >= 0.6 is 23.2 Å². The molecule has 1 atom stereocenters. The van der Waals surface area contributed by atoms with Gasteiger partial charge in [-0.2, -0.15) is 0 Å². The van der Waals surface area contributed by atoms with Gasteiger partial charge in [0.25, 0.3) is 0 Å². The van der Waals surface area contributed by atoms with Crippen LogP contribution in [0, 0.1) is 103 Å². The molecular weight excluding hydrogens is 928 g/mol. The van der Waals surface area contributed by atoms with E-state index in [1.165, 1.54) is 142 Å². The minimum Gasteiger partial charge on any atom is -0.344 e. The molecular formula is C69H77Cl2N2+. The molecule has 0 bridgehead atoms. The Labute approximate surface area is 452 Å². The lowest BCUT2D eigenvalue weighted by atomic mass is 9.76. The molecule has 0 fully saturated rings. The van der Waals surface area contributed by atoms with Gasteiger partial charge in [-0.3, -0.25) is 0 Å². The zero-order valence-corrected chi connectivity index (χ0v) is 46.9. The van der Waals surface area contributed by atoms with Crippen molar-refractivity contribution in [3.63, 3.8) is 0 Å². The lowest BCUT2D eigenvalue weighted by Gasteiger charge is -2.32. The summed E-state index contributed by atoms with van der Waals surface area (Å²) in [7, 11) is 0. The average Bonchev–Trinajstić information content (AvgIpc) is 3.71. The van der Waals surface area contributed by atoms with E-state index in [-0.39, 0.29) is 10.8 Å². The van der Waals surface area contributed by atoms with Crippen LogP contribution < -0.4 is 4.90 Å². The summed E-state index contributed by atoms with van der Waals surface area (Å²) in [6.45, 7) is 18.7. The number of nitrogens with zero attached hydrogens (tertiary/aromatic N) is 2. The smallest absolute Gasteiger partial charge is 0.243 e. The Morgan fingerprint density at radius 2 is 1.11 bits per heavy atom. The van der Waals surface area contributed by atoms with E-state index in [0.717, 1.165) is 64.8 Å². The fourth-order valence-corrected chi connectivity index (χ4v) is 11.7. The minimum absolute atomic E-state index is 0.126. The van der Waals surface area contributed by atoms with Crippen molar-refractivity contribution in [3.05, 3.63) is 115 Å². The number of hydrogen-bond donors (Lipinski definition) is 0. The van der Waals surface area contributed by atoms with Gasteiger partial charge in [0, 0.05) is 80.7 Å². The first kappa shape index (κ1) is 56.4. The Kier molecular flexibility index (Phi) is 22.0. The predicted octanol–water partition coefficient (Wildman–Crippen LogP) is 17.3. The Hall–Kier alpha value is -5.89. The first-order chi connectivity index (χ1) is 35.4. The molecule has 1 unspecified atom stereocenters. The van der Waals surface area contributed by atoms with Crippen LogP contribution in [0.1, 0.15) is 192 Å². The van der Waals surface area contributed by atoms with Gasteiger partial charge in [0.05, 0.1) is 11.3 Å². The molecule has 0 radical (unpaired) electrons. The number of benzene rings is 2. The summed E-state index contributed by atoms with van der Waals surface area (Å²) in [6.07, 6.45) is 35.0. The van der Waals surface area contributed by atoms with Gasteiger partial charge in [-0.05, 0) is 149 Å². The van der Waals surface area contributed by atoms with E-state index in [2.05, 4.69) is 202 Å². The monoisotopic (exact) mass is 1000 g/mol. The second-order valence-corrected chi connectivity index (χ2v) is 22.0. The van der Waals surface area contributed by atoms with Crippen molar-refractivity contribution in [2.75, 3.05) is 11.4 Å². The van der Waals surface area contributed by atoms with Crippen molar-refractivity contribution < 1.29 is 4.58 Å². The summed E-state index contributed by atoms with van der Waals surface area (Å²) in [6, 6.07) is 16.9. The maximum Gasteiger partial charge on any atom is 0.243 e. The lowest BCUT2D eigenvalue weighted by Crippen LogP contribution is -2.27. The van der Waals surface area contributed by atoms with E-state index in [9.17, 15) is 0 Å². The van der Waals surface area contributed by atoms with Crippen LogP contribution in [0.5, 0.6) is 0 Å². The Morgan fingerprint density at radius 3 is 1.70 bits per heavy atom. The molecule has 2 aromatic carbocycles. The van der Waals surface area contributed by atoms with Crippen LogP contribution in [0.4, 0.5) is 11.4 Å². The molecule has 376 valence electrons. The number of rotatable bonds is 20. The topological polar surface area (TPSA) is 6.25 Å². The van der Waals surface area contributed by atoms with E-state index in [1.807, 2.05) is 0 Å². The molecule has 0 aromatic heterocycles. The third kappa shape index (κ3) is 15.3. The van der Waals surface area contributed by atoms with Gasteiger partial charge in [-0.25, -0.2) is 0 Å². The van der Waals surface area contributed by atoms with Gasteiger partial charge in [0.2, 0.25) is 17.4 Å². The molecule has 4 heteroatoms. The second-order valence-electron chi connectivity index (χ2n) is 21.2. The lowest BCUT2D eigenvalue weighted by molar-refractivity contribution is -0.332. The normalized spacial score (nSPS) is 17.8. The maximum absolute atomic E-state index is 7.50. The van der Waals surface area contributed by atoms with Crippen LogP contribution in [0.25, 0.3) is 0 Å². The molecule has 2 nitrogen and oxygen atoms in total. The Balaban J connectivity index is 1.16. The molecule has 2 aliphatic heterocycles. The molecule has 0 amide bonds. The van der Waals surface area contributed by atoms with Crippen molar-refractivity contribution in [2.45, 2.75) is 195 Å². The van der Waals surface area contributed by atoms with E-state index in [1.54, 1.807) is 6.92 Å². The van der Waals surface area contributed by atoms with Crippen molar-refractivity contribution in [1.82, 2.24) is 0 Å². The van der Waals surface area contributed by atoms with Crippen LogP contribution in [-0.2, 0) is 10.8 Å². The van der Waals surface area contributed by atoms with Crippen LogP contribution in [0.15, 0.2) is 93.2 Å². The number of unbranched alkanes of at least 4 members (excludes halogenated alkanes) is 15. The molecule has 6 rings (SSSR count).